The van der Waals surface area contributed by atoms with Crippen molar-refractivity contribution < 1.29 is 43.1 Å². The van der Waals surface area contributed by atoms with Crippen molar-refractivity contribution in [3.63, 3.8) is 0 Å². The molecule has 1 aromatic rings. The first kappa shape index (κ1) is 35.0. The standard InChI is InChI=1S/C19H34N4O9.C4H11N/c24-3-2-23-15-18(21-22-23)17-32-14-13-31-12-11-30-10-9-29-8-7-28-6-5-27-4-1-20-19(26)16-25;1-3-4-5-2/h3,15,25H,1-2,4-14,16-17H2,(H,20,26);5H,3-4H2,1-2H3. The molecule has 1 aromatic heterocycles. The van der Waals surface area contributed by atoms with E-state index in [1.807, 2.05) is 7.05 Å². The molecule has 14 heteroatoms. The first-order valence-corrected chi connectivity index (χ1v) is 12.5. The zero-order valence-electron chi connectivity index (χ0n) is 22.2. The number of hydrogen-bond donors (Lipinski definition) is 3. The van der Waals surface area contributed by atoms with Crippen LogP contribution in [0.15, 0.2) is 6.20 Å². The molecule has 0 bridgehead atoms. The zero-order valence-corrected chi connectivity index (χ0v) is 22.2. The van der Waals surface area contributed by atoms with E-state index in [2.05, 4.69) is 27.9 Å². The summed E-state index contributed by atoms with van der Waals surface area (Å²) in [6.45, 7) is 8.53. The lowest BCUT2D eigenvalue weighted by atomic mass is 10.5. The van der Waals surface area contributed by atoms with Gasteiger partial charge in [-0.3, -0.25) is 4.79 Å². The maximum absolute atomic E-state index is 10.8. The van der Waals surface area contributed by atoms with Crippen LogP contribution < -0.4 is 10.6 Å². The van der Waals surface area contributed by atoms with E-state index in [1.54, 1.807) is 6.20 Å². The van der Waals surface area contributed by atoms with Crippen LogP contribution in [0, 0.1) is 0 Å². The van der Waals surface area contributed by atoms with E-state index in [4.69, 9.17) is 33.5 Å². The molecule has 0 aromatic carbocycles. The molecule has 0 aliphatic rings. The highest BCUT2D eigenvalue weighted by Crippen LogP contribution is 1.95. The normalized spacial score (nSPS) is 10.7. The minimum absolute atomic E-state index is 0.182. The number of nitrogens with one attached hydrogen (secondary N) is 2. The second-order valence-corrected chi connectivity index (χ2v) is 7.32. The summed E-state index contributed by atoms with van der Waals surface area (Å²) in [5.74, 6) is -0.420. The molecular weight excluding hydrogens is 490 g/mol. The van der Waals surface area contributed by atoms with Crippen molar-refractivity contribution in [3.05, 3.63) is 11.9 Å². The Kier molecular flexibility index (Phi) is 27.0. The number of hydrogen-bond acceptors (Lipinski definition) is 12. The molecule has 0 radical (unpaired) electrons. The molecule has 37 heavy (non-hydrogen) atoms. The Hall–Kier alpha value is -2.04. The van der Waals surface area contributed by atoms with E-state index in [-0.39, 0.29) is 6.54 Å². The molecule has 1 rings (SSSR count). The fourth-order valence-electron chi connectivity index (χ4n) is 2.42. The molecule has 1 amide bonds. The summed E-state index contributed by atoms with van der Waals surface area (Å²) in [6.07, 6.45) is 3.65. The van der Waals surface area contributed by atoms with Crippen molar-refractivity contribution >= 4 is 12.2 Å². The molecular formula is C23H45N5O9. The average Bonchev–Trinajstić information content (AvgIpc) is 3.35. The molecule has 0 atom stereocenters. The van der Waals surface area contributed by atoms with Crippen LogP contribution in [0.3, 0.4) is 0 Å². The number of aliphatic hydroxyl groups is 1. The van der Waals surface area contributed by atoms with Crippen LogP contribution in [-0.4, -0.2) is 132 Å². The second kappa shape index (κ2) is 28.5. The van der Waals surface area contributed by atoms with Gasteiger partial charge in [0.15, 0.2) is 0 Å². The van der Waals surface area contributed by atoms with Crippen molar-refractivity contribution in [1.29, 1.82) is 0 Å². The largest absolute Gasteiger partial charge is 0.387 e. The highest BCUT2D eigenvalue weighted by Gasteiger charge is 2.00. The summed E-state index contributed by atoms with van der Waals surface area (Å²) < 4.78 is 33.6. The summed E-state index contributed by atoms with van der Waals surface area (Å²) in [4.78, 5) is 21.1. The topological polar surface area (TPSA) is 165 Å². The number of nitrogens with zero attached hydrogens (tertiary/aromatic N) is 3. The maximum Gasteiger partial charge on any atom is 0.245 e. The molecule has 0 aliphatic heterocycles. The van der Waals surface area contributed by atoms with E-state index in [1.165, 1.54) is 11.1 Å². The van der Waals surface area contributed by atoms with E-state index in [0.717, 1.165) is 12.8 Å². The van der Waals surface area contributed by atoms with E-state index in [9.17, 15) is 9.59 Å². The second-order valence-electron chi connectivity index (χ2n) is 7.32. The lowest BCUT2D eigenvalue weighted by molar-refractivity contribution is -0.124. The van der Waals surface area contributed by atoms with Crippen molar-refractivity contribution in [1.82, 2.24) is 25.6 Å². The molecule has 0 aliphatic carbocycles. The average molecular weight is 536 g/mol. The highest BCUT2D eigenvalue weighted by atomic mass is 16.6. The third-order valence-corrected chi connectivity index (χ3v) is 4.17. The van der Waals surface area contributed by atoms with Crippen LogP contribution in [-0.2, 0) is 51.2 Å². The van der Waals surface area contributed by atoms with Crippen molar-refractivity contribution in [2.45, 2.75) is 26.5 Å². The van der Waals surface area contributed by atoms with Crippen molar-refractivity contribution in [3.8, 4) is 0 Å². The lowest BCUT2D eigenvalue weighted by Gasteiger charge is -2.08. The van der Waals surface area contributed by atoms with Gasteiger partial charge in [-0.15, -0.1) is 5.10 Å². The minimum Gasteiger partial charge on any atom is -0.387 e. The Balaban J connectivity index is 0.00000235. The number of carbonyl (C=O) groups excluding carboxylic acids is 2. The van der Waals surface area contributed by atoms with Gasteiger partial charge in [0.25, 0.3) is 0 Å². The molecule has 0 fully saturated rings. The molecule has 0 saturated heterocycles. The summed E-state index contributed by atoms with van der Waals surface area (Å²) in [7, 11) is 1.96. The van der Waals surface area contributed by atoms with E-state index < -0.39 is 12.5 Å². The van der Waals surface area contributed by atoms with Crippen molar-refractivity contribution in [2.24, 2.45) is 0 Å². The van der Waals surface area contributed by atoms with E-state index >= 15 is 0 Å². The summed E-state index contributed by atoms with van der Waals surface area (Å²) in [5, 5.41) is 21.7. The van der Waals surface area contributed by atoms with Crippen molar-refractivity contribution in [2.75, 3.05) is 99.4 Å². The van der Waals surface area contributed by atoms with Gasteiger partial charge in [-0.25, -0.2) is 4.68 Å². The third-order valence-electron chi connectivity index (χ3n) is 4.17. The number of carbonyl (C=O) groups is 2. The van der Waals surface area contributed by atoms with Gasteiger partial charge in [-0.05, 0) is 20.0 Å². The summed E-state index contributed by atoms with van der Waals surface area (Å²) in [6, 6.07) is 0. The van der Waals surface area contributed by atoms with Gasteiger partial charge < -0.3 is 49.0 Å². The minimum atomic E-state index is -0.517. The van der Waals surface area contributed by atoms with Gasteiger partial charge in [-0.2, -0.15) is 0 Å². The Morgan fingerprint density at radius 2 is 1.41 bits per heavy atom. The van der Waals surface area contributed by atoms with Crippen LogP contribution in [0.1, 0.15) is 19.0 Å². The predicted molar refractivity (Wildman–Crippen MR) is 134 cm³/mol. The first-order valence-electron chi connectivity index (χ1n) is 12.5. The van der Waals surface area contributed by atoms with Crippen LogP contribution in [0.4, 0.5) is 0 Å². The third kappa shape index (κ3) is 25.4. The Morgan fingerprint density at radius 1 is 0.892 bits per heavy atom. The van der Waals surface area contributed by atoms with Crippen LogP contribution in [0.2, 0.25) is 0 Å². The zero-order chi connectivity index (χ0) is 27.2. The molecule has 14 nitrogen and oxygen atoms in total. The van der Waals surface area contributed by atoms with Crippen LogP contribution in [0.25, 0.3) is 0 Å². The number of ether oxygens (including phenoxy) is 6. The molecule has 1 heterocycles. The molecule has 3 N–H and O–H groups in total. The SMILES string of the molecule is CCCNC.O=CCn1cc(COCCOCCOCCOCCOCCOCCNC(=O)CO)nn1. The number of aliphatic hydroxyl groups excluding tert-OH is 1. The van der Waals surface area contributed by atoms with Gasteiger partial charge in [0.2, 0.25) is 5.91 Å². The summed E-state index contributed by atoms with van der Waals surface area (Å²) >= 11 is 0. The number of aromatic nitrogens is 3. The van der Waals surface area contributed by atoms with Gasteiger partial charge in [0, 0.05) is 6.54 Å². The van der Waals surface area contributed by atoms with Gasteiger partial charge in [0.05, 0.1) is 92.0 Å². The van der Waals surface area contributed by atoms with Gasteiger partial charge >= 0.3 is 0 Å². The monoisotopic (exact) mass is 535 g/mol. The quantitative estimate of drug-likeness (QED) is 0.101. The fourth-order valence-corrected chi connectivity index (χ4v) is 2.42. The Bertz CT molecular complexity index is 636. The number of aldehydes is 1. The van der Waals surface area contributed by atoms with Crippen LogP contribution in [0.5, 0.6) is 0 Å². The summed E-state index contributed by atoms with van der Waals surface area (Å²) in [5.41, 5.74) is 0.663. The molecule has 216 valence electrons. The fraction of sp³-hybridized carbons (Fsp3) is 0.826. The first-order chi connectivity index (χ1) is 18.2. The Labute approximate surface area is 219 Å². The molecule has 0 unspecified atom stereocenters. The Morgan fingerprint density at radius 3 is 1.84 bits per heavy atom. The lowest BCUT2D eigenvalue weighted by Crippen LogP contribution is -2.29. The number of amides is 1. The predicted octanol–water partition coefficient (Wildman–Crippen LogP) is -1.20. The molecule has 0 saturated carbocycles. The van der Waals surface area contributed by atoms with Crippen LogP contribution >= 0.6 is 0 Å². The maximum atomic E-state index is 10.8. The number of rotatable bonds is 25. The molecule has 0 spiro atoms. The highest BCUT2D eigenvalue weighted by molar-refractivity contribution is 5.76. The van der Waals surface area contributed by atoms with E-state index in [0.29, 0.717) is 91.5 Å². The van der Waals surface area contributed by atoms with Gasteiger partial charge in [0.1, 0.15) is 18.6 Å². The van der Waals surface area contributed by atoms with Gasteiger partial charge in [-0.1, -0.05) is 12.1 Å². The smallest absolute Gasteiger partial charge is 0.245 e.